The molecule has 2 N–H and O–H groups in total. The number of amides is 1. The van der Waals surface area contributed by atoms with E-state index in [9.17, 15) is 4.79 Å². The highest BCUT2D eigenvalue weighted by Gasteiger charge is 2.20. The smallest absolute Gasteiger partial charge is 0.255 e. The summed E-state index contributed by atoms with van der Waals surface area (Å²) >= 11 is 0. The Hall–Kier alpha value is -4.31. The van der Waals surface area contributed by atoms with Crippen LogP contribution in [0.4, 0.5) is 23.1 Å². The fourth-order valence-electron chi connectivity index (χ4n) is 4.95. The van der Waals surface area contributed by atoms with Crippen LogP contribution >= 0.6 is 0 Å². The number of carbonyl (C=O) groups excluding carboxylic acids is 1. The summed E-state index contributed by atoms with van der Waals surface area (Å²) in [6.45, 7) is 9.88. The van der Waals surface area contributed by atoms with E-state index >= 15 is 0 Å². The molecule has 2 aromatic heterocycles. The van der Waals surface area contributed by atoms with E-state index in [1.807, 2.05) is 49.2 Å². The zero-order valence-electron chi connectivity index (χ0n) is 25.2. The average molecular weight is 570 g/mol. The van der Waals surface area contributed by atoms with Gasteiger partial charge in [-0.25, -0.2) is 19.9 Å². The minimum absolute atomic E-state index is 0.0745. The summed E-state index contributed by atoms with van der Waals surface area (Å²) in [6, 6.07) is 11.4. The van der Waals surface area contributed by atoms with E-state index < -0.39 is 0 Å². The van der Waals surface area contributed by atoms with E-state index in [1.165, 1.54) is 12.7 Å². The van der Waals surface area contributed by atoms with Crippen LogP contribution < -0.4 is 20.3 Å². The summed E-state index contributed by atoms with van der Waals surface area (Å²) in [5, 5.41) is 6.41. The van der Waals surface area contributed by atoms with Crippen LogP contribution in [0.2, 0.25) is 0 Å². The van der Waals surface area contributed by atoms with Crippen LogP contribution in [-0.2, 0) is 10.2 Å². The number of fused-ring (bicyclic) bond motifs is 1. The molecule has 1 aliphatic rings. The fraction of sp³-hybridized carbons (Fsp3) is 0.406. The third-order valence-electron chi connectivity index (χ3n) is 7.52. The highest BCUT2D eigenvalue weighted by molar-refractivity contribution is 6.06. The molecule has 1 unspecified atom stereocenters. The summed E-state index contributed by atoms with van der Waals surface area (Å²) in [5.41, 5.74) is 5.04. The Morgan fingerprint density at radius 2 is 1.93 bits per heavy atom. The molecule has 1 fully saturated rings. The second-order valence-corrected chi connectivity index (χ2v) is 11.8. The average Bonchev–Trinajstić information content (AvgIpc) is 2.98. The maximum Gasteiger partial charge on any atom is 0.255 e. The van der Waals surface area contributed by atoms with Gasteiger partial charge < -0.3 is 25.0 Å². The van der Waals surface area contributed by atoms with Crippen molar-refractivity contribution < 1.29 is 14.3 Å². The first-order valence-corrected chi connectivity index (χ1v) is 14.3. The number of methoxy groups -OCH3 is 1. The van der Waals surface area contributed by atoms with Gasteiger partial charge in [-0.2, -0.15) is 0 Å². The number of hydrogen-bond acceptors (Lipinski definition) is 9. The molecule has 0 bridgehead atoms. The lowest BCUT2D eigenvalue weighted by atomic mass is 9.87. The molecule has 4 aromatic rings. The molecule has 1 amide bonds. The number of aromatic nitrogens is 4. The number of hydrogen-bond donors (Lipinski definition) is 2. The lowest BCUT2D eigenvalue weighted by Gasteiger charge is -2.27. The SMILES string of the molecule is COc1ccc(C(C)(C)C)cc1NC(=O)c1ccc(C)c(Nc2ncnc3cnc(N(C)CC4CCCCO4)nc23)c1. The molecule has 0 saturated carbocycles. The molecular formula is C32H39N7O3. The molecule has 2 aromatic carbocycles. The Bertz CT molecular complexity index is 1580. The second kappa shape index (κ2) is 12.3. The van der Waals surface area contributed by atoms with Gasteiger partial charge in [0.15, 0.2) is 5.82 Å². The van der Waals surface area contributed by atoms with Crippen LogP contribution in [0.1, 0.15) is 61.5 Å². The largest absolute Gasteiger partial charge is 0.495 e. The van der Waals surface area contributed by atoms with E-state index in [0.717, 1.165) is 36.3 Å². The zero-order chi connectivity index (χ0) is 29.9. The third-order valence-corrected chi connectivity index (χ3v) is 7.52. The standard InChI is InChI=1S/C32H39N7O3/c1-20-10-11-21(30(40)37-25-16-22(32(2,3)4)12-13-27(25)41-6)15-24(20)36-29-28-26(34-19-35-29)17-33-31(38-28)39(5)18-23-9-7-8-14-42-23/h10-13,15-17,19,23H,7-9,14,18H2,1-6H3,(H,37,40)(H,34,35,36). The number of carbonyl (C=O) groups is 1. The molecule has 10 nitrogen and oxygen atoms in total. The molecule has 42 heavy (non-hydrogen) atoms. The Morgan fingerprint density at radius 3 is 2.67 bits per heavy atom. The van der Waals surface area contributed by atoms with Gasteiger partial charge in [0.05, 0.1) is 25.1 Å². The van der Waals surface area contributed by atoms with Gasteiger partial charge in [-0.15, -0.1) is 0 Å². The van der Waals surface area contributed by atoms with Gasteiger partial charge in [0.1, 0.15) is 23.1 Å². The number of likely N-dealkylation sites (N-methyl/N-ethyl adjacent to an activating group) is 1. The lowest BCUT2D eigenvalue weighted by Crippen LogP contribution is -2.34. The van der Waals surface area contributed by atoms with E-state index in [-0.39, 0.29) is 17.4 Å². The van der Waals surface area contributed by atoms with Crippen molar-refractivity contribution in [3.63, 3.8) is 0 Å². The van der Waals surface area contributed by atoms with Gasteiger partial charge in [0.25, 0.3) is 5.91 Å². The Morgan fingerprint density at radius 1 is 1.10 bits per heavy atom. The maximum atomic E-state index is 13.4. The van der Waals surface area contributed by atoms with Crippen molar-refractivity contribution in [3.05, 3.63) is 65.6 Å². The molecule has 10 heteroatoms. The monoisotopic (exact) mass is 569 g/mol. The minimum Gasteiger partial charge on any atom is -0.495 e. The van der Waals surface area contributed by atoms with Crippen LogP contribution in [0.3, 0.4) is 0 Å². The van der Waals surface area contributed by atoms with Crippen molar-refractivity contribution in [2.45, 2.75) is 58.5 Å². The van der Waals surface area contributed by atoms with Crippen LogP contribution in [-0.4, -0.2) is 59.3 Å². The first-order valence-electron chi connectivity index (χ1n) is 14.3. The zero-order valence-corrected chi connectivity index (χ0v) is 25.2. The molecule has 5 rings (SSSR count). The van der Waals surface area contributed by atoms with E-state index in [0.29, 0.717) is 46.3 Å². The van der Waals surface area contributed by atoms with Crippen molar-refractivity contribution >= 4 is 40.1 Å². The van der Waals surface area contributed by atoms with Gasteiger partial charge in [-0.1, -0.05) is 32.9 Å². The lowest BCUT2D eigenvalue weighted by molar-refractivity contribution is 0.0214. The number of ether oxygens (including phenoxy) is 2. The Balaban J connectivity index is 1.39. The molecule has 1 atom stereocenters. The van der Waals surface area contributed by atoms with Crippen molar-refractivity contribution in [2.75, 3.05) is 42.8 Å². The van der Waals surface area contributed by atoms with Crippen LogP contribution in [0, 0.1) is 6.92 Å². The number of nitrogens with one attached hydrogen (secondary N) is 2. The molecule has 0 radical (unpaired) electrons. The number of anilines is 4. The number of rotatable bonds is 8. The predicted octanol–water partition coefficient (Wildman–Crippen LogP) is 6.04. The first kappa shape index (κ1) is 29.2. The van der Waals surface area contributed by atoms with E-state index in [4.69, 9.17) is 14.5 Å². The first-order chi connectivity index (χ1) is 20.1. The number of benzene rings is 2. The summed E-state index contributed by atoms with van der Waals surface area (Å²) in [6.07, 6.45) is 6.67. The molecule has 3 heterocycles. The van der Waals surface area contributed by atoms with E-state index in [1.54, 1.807) is 19.4 Å². The Kier molecular flexibility index (Phi) is 8.54. The predicted molar refractivity (Wildman–Crippen MR) is 166 cm³/mol. The van der Waals surface area contributed by atoms with Crippen LogP contribution in [0.5, 0.6) is 5.75 Å². The number of aryl methyl sites for hydroxylation is 1. The Labute approximate surface area is 246 Å². The van der Waals surface area contributed by atoms with Gasteiger partial charge in [-0.05, 0) is 67.0 Å². The van der Waals surface area contributed by atoms with Crippen molar-refractivity contribution in [3.8, 4) is 5.75 Å². The molecule has 220 valence electrons. The van der Waals surface area contributed by atoms with Crippen molar-refractivity contribution in [2.24, 2.45) is 0 Å². The molecule has 1 saturated heterocycles. The van der Waals surface area contributed by atoms with Gasteiger partial charge in [0.2, 0.25) is 5.95 Å². The fourth-order valence-corrected chi connectivity index (χ4v) is 4.95. The molecule has 0 spiro atoms. The number of nitrogens with zero attached hydrogens (tertiary/aromatic N) is 5. The quantitative estimate of drug-likeness (QED) is 0.262. The highest BCUT2D eigenvalue weighted by atomic mass is 16.5. The molecule has 0 aliphatic carbocycles. The third kappa shape index (κ3) is 6.60. The minimum atomic E-state index is -0.244. The van der Waals surface area contributed by atoms with Crippen molar-refractivity contribution in [1.82, 2.24) is 19.9 Å². The van der Waals surface area contributed by atoms with Gasteiger partial charge in [0, 0.05) is 31.5 Å². The molecular weight excluding hydrogens is 530 g/mol. The van der Waals surface area contributed by atoms with Crippen LogP contribution in [0.15, 0.2) is 48.9 Å². The second-order valence-electron chi connectivity index (χ2n) is 11.8. The normalized spacial score (nSPS) is 15.3. The summed E-state index contributed by atoms with van der Waals surface area (Å²) in [7, 11) is 3.56. The summed E-state index contributed by atoms with van der Waals surface area (Å²) in [5.74, 6) is 1.47. The van der Waals surface area contributed by atoms with E-state index in [2.05, 4.69) is 46.4 Å². The summed E-state index contributed by atoms with van der Waals surface area (Å²) in [4.78, 5) is 33.6. The van der Waals surface area contributed by atoms with Gasteiger partial charge >= 0.3 is 0 Å². The van der Waals surface area contributed by atoms with Gasteiger partial charge in [-0.3, -0.25) is 4.79 Å². The summed E-state index contributed by atoms with van der Waals surface area (Å²) < 4.78 is 11.4. The van der Waals surface area contributed by atoms with Crippen molar-refractivity contribution in [1.29, 1.82) is 0 Å². The topological polar surface area (TPSA) is 114 Å². The van der Waals surface area contributed by atoms with Crippen LogP contribution in [0.25, 0.3) is 11.0 Å². The highest BCUT2D eigenvalue weighted by Crippen LogP contribution is 2.32. The molecule has 1 aliphatic heterocycles. The maximum absolute atomic E-state index is 13.4.